The maximum absolute atomic E-state index is 12.9. The molecule has 1 saturated heterocycles. The summed E-state index contributed by atoms with van der Waals surface area (Å²) in [4.78, 5) is 32.9. The topological polar surface area (TPSA) is 62.3 Å². The van der Waals surface area contributed by atoms with Crippen LogP contribution in [-0.4, -0.2) is 32.6 Å². The molecule has 1 N–H and O–H groups in total. The Morgan fingerprint density at radius 3 is 2.64 bits per heavy atom. The molecule has 1 aliphatic heterocycles. The van der Waals surface area contributed by atoms with E-state index in [1.807, 2.05) is 49.4 Å². The van der Waals surface area contributed by atoms with E-state index in [0.29, 0.717) is 27.3 Å². The van der Waals surface area contributed by atoms with Crippen molar-refractivity contribution in [2.24, 2.45) is 0 Å². The molecule has 4 rings (SSSR count). The third-order valence-electron chi connectivity index (χ3n) is 5.51. The van der Waals surface area contributed by atoms with Crippen LogP contribution in [0.15, 0.2) is 77.3 Å². The Bertz CT molecular complexity index is 1310. The minimum absolute atomic E-state index is 0.105. The van der Waals surface area contributed by atoms with Gasteiger partial charge in [-0.1, -0.05) is 90.2 Å². The zero-order chi connectivity index (χ0) is 25.5. The summed E-state index contributed by atoms with van der Waals surface area (Å²) in [5.41, 5.74) is 4.50. The summed E-state index contributed by atoms with van der Waals surface area (Å²) in [6.45, 7) is 4.44. The number of carbonyl (C=O) groups is 2. The molecule has 1 aliphatic rings. The SMILES string of the molecule is CC(=Cc1ccccc1)C=C1SC(=S)N(CCCC(=O)Nc2ncc(Cc3ccc(C)cc3)s2)C1=O. The summed E-state index contributed by atoms with van der Waals surface area (Å²) in [5.74, 6) is -0.222. The largest absolute Gasteiger partial charge is 0.302 e. The van der Waals surface area contributed by atoms with Crippen LogP contribution in [-0.2, 0) is 16.0 Å². The van der Waals surface area contributed by atoms with Gasteiger partial charge in [-0.15, -0.1) is 11.3 Å². The molecule has 3 aromatic rings. The maximum atomic E-state index is 12.9. The molecule has 8 heteroatoms. The molecule has 5 nitrogen and oxygen atoms in total. The number of aromatic nitrogens is 1. The van der Waals surface area contributed by atoms with Crippen molar-refractivity contribution in [2.75, 3.05) is 11.9 Å². The Kier molecular flexibility index (Phi) is 8.85. The van der Waals surface area contributed by atoms with E-state index in [1.165, 1.54) is 34.2 Å². The number of thiazole rings is 1. The highest BCUT2D eigenvalue weighted by atomic mass is 32.2. The second kappa shape index (κ2) is 12.3. The van der Waals surface area contributed by atoms with E-state index in [0.717, 1.165) is 22.4 Å². The van der Waals surface area contributed by atoms with Crippen LogP contribution in [0.25, 0.3) is 6.08 Å². The number of thiocarbonyl (C=S) groups is 1. The fourth-order valence-electron chi connectivity index (χ4n) is 3.69. The van der Waals surface area contributed by atoms with Gasteiger partial charge >= 0.3 is 0 Å². The van der Waals surface area contributed by atoms with Crippen molar-refractivity contribution >= 4 is 62.7 Å². The van der Waals surface area contributed by atoms with Crippen LogP contribution in [0, 0.1) is 6.92 Å². The third-order valence-corrected chi connectivity index (χ3v) is 7.80. The van der Waals surface area contributed by atoms with Gasteiger partial charge in [0.15, 0.2) is 5.13 Å². The first-order valence-electron chi connectivity index (χ1n) is 11.7. The van der Waals surface area contributed by atoms with Crippen molar-refractivity contribution in [1.82, 2.24) is 9.88 Å². The number of aryl methyl sites for hydroxylation is 1. The number of anilines is 1. The Morgan fingerprint density at radius 1 is 1.14 bits per heavy atom. The van der Waals surface area contributed by atoms with E-state index >= 15 is 0 Å². The zero-order valence-corrected chi connectivity index (χ0v) is 22.6. The number of hydrogen-bond donors (Lipinski definition) is 1. The van der Waals surface area contributed by atoms with Crippen molar-refractivity contribution < 1.29 is 9.59 Å². The number of amides is 2. The second-order valence-corrected chi connectivity index (χ2v) is 11.4. The average molecular weight is 534 g/mol. The first-order chi connectivity index (χ1) is 17.4. The van der Waals surface area contributed by atoms with E-state index < -0.39 is 0 Å². The molecule has 0 unspecified atom stereocenters. The average Bonchev–Trinajstić information content (AvgIpc) is 3.39. The van der Waals surface area contributed by atoms with Gasteiger partial charge in [0, 0.05) is 30.5 Å². The van der Waals surface area contributed by atoms with E-state index in [1.54, 1.807) is 11.1 Å². The number of hydrogen-bond acceptors (Lipinski definition) is 6. The molecule has 2 amide bonds. The van der Waals surface area contributed by atoms with Crippen LogP contribution in [0.1, 0.15) is 41.3 Å². The van der Waals surface area contributed by atoms with Crippen LogP contribution >= 0.6 is 35.3 Å². The van der Waals surface area contributed by atoms with Gasteiger partial charge in [0.05, 0.1) is 4.91 Å². The van der Waals surface area contributed by atoms with E-state index in [-0.39, 0.29) is 18.2 Å². The monoisotopic (exact) mass is 533 g/mol. The van der Waals surface area contributed by atoms with Crippen molar-refractivity contribution in [2.45, 2.75) is 33.1 Å². The lowest BCUT2D eigenvalue weighted by atomic mass is 10.1. The van der Waals surface area contributed by atoms with Crippen LogP contribution in [0.2, 0.25) is 0 Å². The molecular weight excluding hydrogens is 507 g/mol. The number of rotatable bonds is 9. The molecule has 0 spiro atoms. The molecule has 0 radical (unpaired) electrons. The summed E-state index contributed by atoms with van der Waals surface area (Å²) in [6.07, 6.45) is 7.30. The zero-order valence-electron chi connectivity index (χ0n) is 20.2. The van der Waals surface area contributed by atoms with E-state index in [2.05, 4.69) is 41.5 Å². The van der Waals surface area contributed by atoms with Gasteiger partial charge in [-0.2, -0.15) is 0 Å². The Balaban J connectivity index is 1.25. The summed E-state index contributed by atoms with van der Waals surface area (Å²) in [6, 6.07) is 18.4. The molecule has 184 valence electrons. The lowest BCUT2D eigenvalue weighted by Crippen LogP contribution is -2.29. The number of thioether (sulfide) groups is 1. The molecule has 0 aliphatic carbocycles. The molecule has 1 aromatic heterocycles. The second-order valence-electron chi connectivity index (χ2n) is 8.58. The van der Waals surface area contributed by atoms with Crippen LogP contribution in [0.3, 0.4) is 0 Å². The predicted octanol–water partition coefficient (Wildman–Crippen LogP) is 6.61. The fraction of sp³-hybridized carbons (Fsp3) is 0.214. The Hall–Kier alpha value is -3.07. The third kappa shape index (κ3) is 7.22. The van der Waals surface area contributed by atoms with Gasteiger partial charge in [-0.25, -0.2) is 4.98 Å². The number of allylic oxidation sites excluding steroid dienone is 2. The number of carbonyl (C=O) groups excluding carboxylic acids is 2. The van der Waals surface area contributed by atoms with Gasteiger partial charge in [0.2, 0.25) is 5.91 Å². The highest BCUT2D eigenvalue weighted by Gasteiger charge is 2.31. The predicted molar refractivity (Wildman–Crippen MR) is 154 cm³/mol. The number of nitrogens with one attached hydrogen (secondary N) is 1. The van der Waals surface area contributed by atoms with Gasteiger partial charge < -0.3 is 5.32 Å². The van der Waals surface area contributed by atoms with Crippen molar-refractivity contribution in [3.63, 3.8) is 0 Å². The first-order valence-corrected chi connectivity index (χ1v) is 13.7. The minimum Gasteiger partial charge on any atom is -0.302 e. The molecule has 0 bridgehead atoms. The summed E-state index contributed by atoms with van der Waals surface area (Å²) in [7, 11) is 0. The summed E-state index contributed by atoms with van der Waals surface area (Å²) >= 11 is 8.21. The fourth-order valence-corrected chi connectivity index (χ4v) is 5.91. The van der Waals surface area contributed by atoms with Gasteiger partial charge in [-0.05, 0) is 43.0 Å². The quantitative estimate of drug-likeness (QED) is 0.248. The molecule has 36 heavy (non-hydrogen) atoms. The van der Waals surface area contributed by atoms with Gasteiger partial charge in [0.25, 0.3) is 5.91 Å². The van der Waals surface area contributed by atoms with Gasteiger partial charge in [0.1, 0.15) is 4.32 Å². The van der Waals surface area contributed by atoms with Crippen LogP contribution < -0.4 is 5.32 Å². The highest BCUT2D eigenvalue weighted by Crippen LogP contribution is 2.32. The molecule has 1 fully saturated rings. The lowest BCUT2D eigenvalue weighted by molar-refractivity contribution is -0.122. The molecule has 0 saturated carbocycles. The standard InChI is InChI=1S/C28H27N3O2S3/c1-19-10-12-22(13-11-19)17-23-18-29-27(35-23)30-25(32)9-6-14-31-26(33)24(36-28(31)34)16-20(2)15-21-7-4-3-5-8-21/h3-5,7-8,10-13,15-16,18H,6,9,14,17H2,1-2H3,(H,29,30,32). The Labute approximate surface area is 225 Å². The number of nitrogens with zero attached hydrogens (tertiary/aromatic N) is 2. The molecule has 2 aromatic carbocycles. The lowest BCUT2D eigenvalue weighted by Gasteiger charge is -2.13. The summed E-state index contributed by atoms with van der Waals surface area (Å²) in [5, 5.41) is 3.47. The van der Waals surface area contributed by atoms with Crippen molar-refractivity contribution in [3.05, 3.63) is 98.9 Å². The van der Waals surface area contributed by atoms with Gasteiger partial charge in [-0.3, -0.25) is 14.5 Å². The highest BCUT2D eigenvalue weighted by molar-refractivity contribution is 8.26. The maximum Gasteiger partial charge on any atom is 0.266 e. The van der Waals surface area contributed by atoms with E-state index in [4.69, 9.17) is 12.2 Å². The summed E-state index contributed by atoms with van der Waals surface area (Å²) < 4.78 is 0.528. The van der Waals surface area contributed by atoms with Crippen LogP contribution in [0.5, 0.6) is 0 Å². The number of benzene rings is 2. The van der Waals surface area contributed by atoms with Crippen LogP contribution in [0.4, 0.5) is 5.13 Å². The first kappa shape index (κ1) is 26.0. The molecule has 0 atom stereocenters. The molecule has 2 heterocycles. The van der Waals surface area contributed by atoms with Crippen molar-refractivity contribution in [3.8, 4) is 0 Å². The minimum atomic E-state index is -0.117. The molecular formula is C28H27N3O2S3. The van der Waals surface area contributed by atoms with Crippen molar-refractivity contribution in [1.29, 1.82) is 0 Å². The Morgan fingerprint density at radius 2 is 1.89 bits per heavy atom. The smallest absolute Gasteiger partial charge is 0.266 e. The normalized spacial score (nSPS) is 15.1. The van der Waals surface area contributed by atoms with E-state index in [9.17, 15) is 9.59 Å².